The van der Waals surface area contributed by atoms with E-state index >= 15 is 0 Å². The van der Waals surface area contributed by atoms with E-state index in [-0.39, 0.29) is 0 Å². The summed E-state index contributed by atoms with van der Waals surface area (Å²) in [4.78, 5) is 10.1. The molecular weight excluding hydrogens is 348 g/mol. The smallest absolute Gasteiger partial charge is 0.320 e. The third-order valence-corrected chi connectivity index (χ3v) is 4.92. The molecule has 4 aromatic rings. The molecule has 0 unspecified atom stereocenters. The first-order chi connectivity index (χ1) is 13.6. The number of carbonyl (C=O) groups is 1. The number of carboxylic acid groups (broad SMARTS) is 1. The Labute approximate surface area is 164 Å². The maximum atomic E-state index is 10.1. The van der Waals surface area contributed by atoms with E-state index in [4.69, 9.17) is 16.6 Å². The van der Waals surface area contributed by atoms with E-state index in [0.29, 0.717) is 13.0 Å². The second-order valence-electron chi connectivity index (χ2n) is 6.90. The molecule has 4 nitrogen and oxygen atoms in total. The summed E-state index contributed by atoms with van der Waals surface area (Å²) < 4.78 is 0. The fourth-order valence-corrected chi connectivity index (χ4v) is 3.41. The van der Waals surface area contributed by atoms with E-state index < -0.39 is 12.0 Å². The second-order valence-corrected chi connectivity index (χ2v) is 6.90. The van der Waals surface area contributed by atoms with Crippen LogP contribution in [0, 0.1) is 0 Å². The van der Waals surface area contributed by atoms with E-state index in [1.807, 2.05) is 0 Å². The van der Waals surface area contributed by atoms with Crippen LogP contribution in [0.5, 0.6) is 0 Å². The van der Waals surface area contributed by atoms with Gasteiger partial charge in [-0.1, -0.05) is 79.2 Å². The van der Waals surface area contributed by atoms with Crippen molar-refractivity contribution in [2.45, 2.75) is 25.3 Å². The zero-order chi connectivity index (χ0) is 19.9. The molecule has 0 saturated carbocycles. The van der Waals surface area contributed by atoms with Gasteiger partial charge in [-0.3, -0.25) is 4.79 Å². The average Bonchev–Trinajstić information content (AvgIpc) is 2.73. The minimum Gasteiger partial charge on any atom is -0.480 e. The fraction of sp³-hybridized carbons (Fsp3) is 0.208. The van der Waals surface area contributed by atoms with Crippen LogP contribution in [0.4, 0.5) is 0 Å². The maximum Gasteiger partial charge on any atom is 0.320 e. The first-order valence-electron chi connectivity index (χ1n) is 9.59. The summed E-state index contributed by atoms with van der Waals surface area (Å²) in [5.74, 6) is -0.933. The highest BCUT2D eigenvalue weighted by Crippen LogP contribution is 2.31. The minimum absolute atomic E-state index is 0.520. The lowest BCUT2D eigenvalue weighted by atomic mass is 9.97. The third-order valence-electron chi connectivity index (χ3n) is 4.92. The molecule has 28 heavy (non-hydrogen) atoms. The Hall–Kier alpha value is -2.95. The molecule has 0 aliphatic heterocycles. The van der Waals surface area contributed by atoms with Crippen molar-refractivity contribution in [3.8, 4) is 0 Å². The monoisotopic (exact) mass is 374 g/mol. The predicted octanol–water partition coefficient (Wildman–Crippen LogP) is 4.67. The Morgan fingerprint density at radius 1 is 0.786 bits per heavy atom. The van der Waals surface area contributed by atoms with Crippen LogP contribution in [0.15, 0.2) is 72.8 Å². The van der Waals surface area contributed by atoms with Gasteiger partial charge >= 0.3 is 5.97 Å². The molecule has 1 atom stereocenters. The van der Waals surface area contributed by atoms with Crippen molar-refractivity contribution < 1.29 is 9.90 Å². The first kappa shape index (κ1) is 19.8. The summed E-state index contributed by atoms with van der Waals surface area (Å²) >= 11 is 0. The van der Waals surface area contributed by atoms with Crippen LogP contribution in [-0.2, 0) is 4.79 Å². The molecule has 0 bridgehead atoms. The predicted molar refractivity (Wildman–Crippen MR) is 117 cm³/mol. The summed E-state index contributed by atoms with van der Waals surface area (Å²) in [6.07, 6.45) is 2.16. The lowest BCUT2D eigenvalue weighted by Gasteiger charge is -2.07. The van der Waals surface area contributed by atoms with Crippen LogP contribution in [0.2, 0.25) is 0 Å². The maximum absolute atomic E-state index is 10.1. The highest BCUT2D eigenvalue weighted by molar-refractivity contribution is 6.20. The summed E-state index contributed by atoms with van der Waals surface area (Å²) in [6, 6.07) is 25.3. The molecule has 0 aliphatic rings. The van der Waals surface area contributed by atoms with Crippen molar-refractivity contribution in [1.82, 2.24) is 0 Å². The zero-order valence-corrected chi connectivity index (χ0v) is 15.8. The van der Waals surface area contributed by atoms with Crippen LogP contribution in [-0.4, -0.2) is 23.7 Å². The number of carboxylic acids is 1. The normalized spacial score (nSPS) is 11.9. The Kier molecular flexibility index (Phi) is 6.58. The molecule has 0 fully saturated rings. The van der Waals surface area contributed by atoms with Crippen LogP contribution >= 0.6 is 0 Å². The highest BCUT2D eigenvalue weighted by Gasteiger charge is 2.09. The molecule has 0 saturated heterocycles. The van der Waals surface area contributed by atoms with Crippen molar-refractivity contribution in [3.63, 3.8) is 0 Å². The van der Waals surface area contributed by atoms with Gasteiger partial charge in [-0.05, 0) is 51.7 Å². The van der Waals surface area contributed by atoms with Gasteiger partial charge in [-0.25, -0.2) is 0 Å². The van der Waals surface area contributed by atoms with E-state index in [1.165, 1.54) is 32.3 Å². The summed E-state index contributed by atoms with van der Waals surface area (Å²) in [7, 11) is 0. The molecule has 0 heterocycles. The Balaban J connectivity index is 0.000000195. The minimum atomic E-state index is -0.933. The summed E-state index contributed by atoms with van der Waals surface area (Å²) in [5.41, 5.74) is 10.4. The Morgan fingerprint density at radius 2 is 1.29 bits per heavy atom. The summed E-state index contributed by atoms with van der Waals surface area (Å²) in [6.45, 7) is 0.604. The van der Waals surface area contributed by atoms with Gasteiger partial charge in [0.25, 0.3) is 0 Å². The Morgan fingerprint density at radius 3 is 1.79 bits per heavy atom. The summed E-state index contributed by atoms with van der Waals surface area (Å²) in [5, 5.41) is 16.3. The highest BCUT2D eigenvalue weighted by atomic mass is 16.4. The van der Waals surface area contributed by atoms with Gasteiger partial charge in [0.1, 0.15) is 6.04 Å². The molecule has 5 N–H and O–H groups in total. The van der Waals surface area contributed by atoms with Gasteiger partial charge in [0, 0.05) is 0 Å². The number of hydrogen-bond donors (Lipinski definition) is 3. The zero-order valence-electron chi connectivity index (χ0n) is 15.8. The number of rotatable bonds is 5. The van der Waals surface area contributed by atoms with Crippen LogP contribution in [0.1, 0.15) is 19.3 Å². The van der Waals surface area contributed by atoms with Crippen molar-refractivity contribution >= 4 is 38.3 Å². The Bertz CT molecular complexity index is 1020. The van der Waals surface area contributed by atoms with E-state index in [1.54, 1.807) is 0 Å². The van der Waals surface area contributed by atoms with Crippen molar-refractivity contribution in [1.29, 1.82) is 0 Å². The number of nitrogens with two attached hydrogens (primary N) is 2. The number of benzene rings is 4. The standard InChI is InChI=1S/C18H12.C6H14N2O2/c1-3-7-16-13(5-1)9-11-15-12-10-14-6-2-4-8-17(14)18(15)16;7-4-2-1-3-5(8)6(9)10/h1-12H;5H,1-4,7-8H2,(H,9,10)/t;5-/m.0/s1. The van der Waals surface area contributed by atoms with E-state index in [2.05, 4.69) is 72.8 Å². The molecule has 0 amide bonds. The quantitative estimate of drug-likeness (QED) is 0.350. The molecule has 0 aliphatic carbocycles. The van der Waals surface area contributed by atoms with Gasteiger partial charge in [-0.2, -0.15) is 0 Å². The number of hydrogen-bond acceptors (Lipinski definition) is 3. The van der Waals surface area contributed by atoms with Crippen molar-refractivity contribution in [2.24, 2.45) is 11.5 Å². The lowest BCUT2D eigenvalue weighted by Crippen LogP contribution is -2.29. The topological polar surface area (TPSA) is 89.3 Å². The lowest BCUT2D eigenvalue weighted by molar-refractivity contribution is -0.138. The largest absolute Gasteiger partial charge is 0.480 e. The van der Waals surface area contributed by atoms with Gasteiger partial charge in [0.05, 0.1) is 0 Å². The molecule has 0 spiro atoms. The molecule has 4 rings (SSSR count). The number of unbranched alkanes of at least 4 members (excludes halogenated alkanes) is 1. The van der Waals surface area contributed by atoms with Gasteiger partial charge < -0.3 is 16.6 Å². The molecule has 4 heteroatoms. The second kappa shape index (κ2) is 9.31. The van der Waals surface area contributed by atoms with E-state index in [9.17, 15) is 4.79 Å². The number of aliphatic carboxylic acids is 1. The SMILES string of the molecule is NCCCC[C@H](N)C(=O)O.c1ccc2c(c1)ccc1ccc3ccccc3c12. The van der Waals surface area contributed by atoms with Crippen LogP contribution < -0.4 is 11.5 Å². The molecule has 4 aromatic carbocycles. The number of fused-ring (bicyclic) bond motifs is 5. The van der Waals surface area contributed by atoms with E-state index in [0.717, 1.165) is 12.8 Å². The third kappa shape index (κ3) is 4.47. The van der Waals surface area contributed by atoms with Gasteiger partial charge in [-0.15, -0.1) is 0 Å². The fourth-order valence-electron chi connectivity index (χ4n) is 3.41. The van der Waals surface area contributed by atoms with Crippen molar-refractivity contribution in [3.05, 3.63) is 72.8 Å². The van der Waals surface area contributed by atoms with Crippen LogP contribution in [0.3, 0.4) is 0 Å². The van der Waals surface area contributed by atoms with Crippen LogP contribution in [0.25, 0.3) is 32.3 Å². The molecular formula is C24H26N2O2. The van der Waals surface area contributed by atoms with Gasteiger partial charge in [0.2, 0.25) is 0 Å². The molecule has 144 valence electrons. The van der Waals surface area contributed by atoms with Gasteiger partial charge in [0.15, 0.2) is 0 Å². The van der Waals surface area contributed by atoms with Crippen molar-refractivity contribution in [2.75, 3.05) is 6.54 Å². The molecule has 0 radical (unpaired) electrons. The average molecular weight is 374 g/mol. The first-order valence-corrected chi connectivity index (χ1v) is 9.59. The molecule has 0 aromatic heterocycles.